The smallest absolute Gasteiger partial charge is 0.338 e. The van der Waals surface area contributed by atoms with Crippen LogP contribution in [0.15, 0.2) is 42.5 Å². The molecule has 6 aliphatic carbocycles. The summed E-state index contributed by atoms with van der Waals surface area (Å²) < 4.78 is 18.7. The van der Waals surface area contributed by atoms with Crippen LogP contribution >= 0.6 is 0 Å². The minimum atomic E-state index is -0.691. The molecule has 8 nitrogen and oxygen atoms in total. The molecule has 39 heavy (non-hydrogen) atoms. The first-order valence-electron chi connectivity index (χ1n) is 14.3. The van der Waals surface area contributed by atoms with Gasteiger partial charge in [0.05, 0.1) is 11.7 Å². The molecule has 206 valence electrons. The highest BCUT2D eigenvalue weighted by molar-refractivity contribution is 5.89. The number of rotatable bonds is 4. The SMILES string of the molecule is C=C1CC23CC4C5[C@@]6(C)C[C@H](OC(=O)c7ccccc7)[C@@H](OC(C)=O)[C@@]57C2C(OC(C)=O)[C@@H]1[C@H](O)[C@H]3[C@H]7N4C6. The van der Waals surface area contributed by atoms with E-state index in [0.29, 0.717) is 18.0 Å². The number of benzene rings is 1. The van der Waals surface area contributed by atoms with Crippen molar-refractivity contribution in [2.24, 2.45) is 39.9 Å². The summed E-state index contributed by atoms with van der Waals surface area (Å²) in [5, 5.41) is 11.9. The molecule has 0 aromatic heterocycles. The van der Waals surface area contributed by atoms with E-state index in [1.54, 1.807) is 24.3 Å². The second-order valence-electron chi connectivity index (χ2n) is 13.7. The maximum Gasteiger partial charge on any atom is 0.338 e. The topological polar surface area (TPSA) is 102 Å². The van der Waals surface area contributed by atoms with Crippen molar-refractivity contribution in [2.75, 3.05) is 6.54 Å². The Morgan fingerprint density at radius 3 is 2.44 bits per heavy atom. The summed E-state index contributed by atoms with van der Waals surface area (Å²) in [5.74, 6) is -1.54. The van der Waals surface area contributed by atoms with Crippen molar-refractivity contribution in [3.8, 4) is 0 Å². The van der Waals surface area contributed by atoms with Gasteiger partial charge in [0.25, 0.3) is 0 Å². The number of fused-ring (bicyclic) bond motifs is 1. The molecule has 9 aliphatic rings. The van der Waals surface area contributed by atoms with Gasteiger partial charge < -0.3 is 19.3 Å². The van der Waals surface area contributed by atoms with Gasteiger partial charge in [-0.05, 0) is 48.1 Å². The maximum atomic E-state index is 13.4. The molecule has 9 fully saturated rings. The van der Waals surface area contributed by atoms with Crippen LogP contribution in [0.1, 0.15) is 50.4 Å². The number of carbonyl (C=O) groups is 3. The molecular weight excluding hydrogens is 498 g/mol. The quantitative estimate of drug-likeness (QED) is 0.358. The molecule has 0 radical (unpaired) electrons. The third-order valence-corrected chi connectivity index (χ3v) is 12.1. The van der Waals surface area contributed by atoms with Crippen LogP contribution in [0, 0.1) is 39.9 Å². The van der Waals surface area contributed by atoms with Crippen LogP contribution in [-0.4, -0.2) is 71.0 Å². The minimum absolute atomic E-state index is 0.0303. The first-order valence-corrected chi connectivity index (χ1v) is 14.3. The van der Waals surface area contributed by atoms with Crippen LogP contribution < -0.4 is 0 Å². The van der Waals surface area contributed by atoms with E-state index in [-0.39, 0.29) is 46.5 Å². The van der Waals surface area contributed by atoms with Gasteiger partial charge in [0.2, 0.25) is 0 Å². The first kappa shape index (κ1) is 24.1. The van der Waals surface area contributed by atoms with Gasteiger partial charge in [-0.15, -0.1) is 0 Å². The van der Waals surface area contributed by atoms with E-state index < -0.39 is 41.8 Å². The van der Waals surface area contributed by atoms with E-state index in [4.69, 9.17) is 14.2 Å². The zero-order valence-electron chi connectivity index (χ0n) is 22.5. The second kappa shape index (κ2) is 7.32. The number of carbonyl (C=O) groups excluding carboxylic acids is 3. The van der Waals surface area contributed by atoms with E-state index in [2.05, 4.69) is 18.4 Å². The summed E-state index contributed by atoms with van der Waals surface area (Å²) in [6, 6.07) is 9.17. The predicted molar refractivity (Wildman–Crippen MR) is 137 cm³/mol. The predicted octanol–water partition coefficient (Wildman–Crippen LogP) is 2.74. The highest BCUT2D eigenvalue weighted by Crippen LogP contribution is 2.87. The number of esters is 3. The molecule has 3 saturated heterocycles. The Hall–Kier alpha value is -2.71. The third kappa shape index (κ3) is 2.57. The molecule has 3 aliphatic heterocycles. The van der Waals surface area contributed by atoms with Crippen molar-refractivity contribution in [3.05, 3.63) is 48.0 Å². The van der Waals surface area contributed by atoms with Gasteiger partial charge in [-0.2, -0.15) is 0 Å². The molecular formula is C31H35NO7. The molecule has 1 N–H and O–H groups in total. The van der Waals surface area contributed by atoms with Crippen molar-refractivity contribution in [1.29, 1.82) is 0 Å². The molecule has 6 saturated carbocycles. The monoisotopic (exact) mass is 533 g/mol. The van der Waals surface area contributed by atoms with Gasteiger partial charge in [0, 0.05) is 55.6 Å². The van der Waals surface area contributed by atoms with E-state index in [0.717, 1.165) is 25.0 Å². The van der Waals surface area contributed by atoms with E-state index in [1.807, 2.05) is 6.07 Å². The van der Waals surface area contributed by atoms with Gasteiger partial charge in [-0.3, -0.25) is 14.5 Å². The average Bonchev–Trinajstić information content (AvgIpc) is 3.30. The van der Waals surface area contributed by atoms with Gasteiger partial charge in [-0.25, -0.2) is 4.79 Å². The molecule has 6 unspecified atom stereocenters. The lowest BCUT2D eigenvalue weighted by Crippen LogP contribution is -2.71. The fraction of sp³-hybridized carbons (Fsp3) is 0.645. The summed E-state index contributed by atoms with van der Waals surface area (Å²) in [5.41, 5.74) is 0.361. The standard InChI is InChI=1S/C31H35NO7/c1-14-10-30-11-18-24-29(4)12-19(39-28(36)17-8-6-5-7-9-17)27(38-16(3)34)31(24)25(30)23(37-15(2)33)20(14)22(35)21(30)26(31)32(18)13-29/h5-9,18-27,35H,1,10-13H2,2-4H3/t18?,19-,20-,21-,22-,23?,24?,25?,26+,27+,29-,30?,31+/m0/s1. The number of aliphatic hydroxyl groups excluding tert-OH is 1. The normalized spacial score (nSPS) is 52.6. The number of hydrogen-bond donors (Lipinski definition) is 1. The molecule has 2 spiro atoms. The fourth-order valence-corrected chi connectivity index (χ4v) is 12.1. The first-order chi connectivity index (χ1) is 18.5. The number of aliphatic hydroxyl groups is 1. The van der Waals surface area contributed by atoms with Crippen LogP contribution in [0.3, 0.4) is 0 Å². The van der Waals surface area contributed by atoms with Crippen molar-refractivity contribution in [1.82, 2.24) is 4.90 Å². The number of nitrogens with zero attached hydrogens (tertiary/aromatic N) is 1. The Balaban J connectivity index is 1.32. The maximum absolute atomic E-state index is 13.4. The number of piperidine rings is 2. The summed E-state index contributed by atoms with van der Waals surface area (Å²) in [7, 11) is 0. The van der Waals surface area contributed by atoms with Crippen LogP contribution in [0.5, 0.6) is 0 Å². The molecule has 0 amide bonds. The highest BCUT2D eigenvalue weighted by atomic mass is 16.6. The molecule has 9 bridgehead atoms. The molecule has 1 aromatic carbocycles. The third-order valence-electron chi connectivity index (χ3n) is 12.1. The zero-order chi connectivity index (χ0) is 27.2. The summed E-state index contributed by atoms with van der Waals surface area (Å²) in [6.07, 6.45) is -0.268. The fourth-order valence-electron chi connectivity index (χ4n) is 12.1. The van der Waals surface area contributed by atoms with E-state index in [9.17, 15) is 19.5 Å². The Labute approximate surface area is 227 Å². The van der Waals surface area contributed by atoms with Gasteiger partial charge in [-0.1, -0.05) is 37.3 Å². The van der Waals surface area contributed by atoms with Crippen molar-refractivity contribution in [3.63, 3.8) is 0 Å². The molecule has 1 aromatic rings. The van der Waals surface area contributed by atoms with Gasteiger partial charge in [0.1, 0.15) is 18.3 Å². The lowest BCUT2D eigenvalue weighted by Gasteiger charge is -2.67. The average molecular weight is 534 g/mol. The molecule has 10 rings (SSSR count). The summed E-state index contributed by atoms with van der Waals surface area (Å²) in [4.78, 5) is 41.2. The minimum Gasteiger partial charge on any atom is -0.461 e. The van der Waals surface area contributed by atoms with Crippen molar-refractivity contribution >= 4 is 17.9 Å². The van der Waals surface area contributed by atoms with Crippen molar-refractivity contribution < 1.29 is 33.7 Å². The number of hydrogen-bond acceptors (Lipinski definition) is 8. The van der Waals surface area contributed by atoms with Crippen LogP contribution in [0.4, 0.5) is 0 Å². The van der Waals surface area contributed by atoms with E-state index >= 15 is 0 Å². The summed E-state index contributed by atoms with van der Waals surface area (Å²) in [6.45, 7) is 10.3. The molecule has 14 atom stereocenters. The largest absolute Gasteiger partial charge is 0.461 e. The van der Waals surface area contributed by atoms with Crippen molar-refractivity contribution in [2.45, 2.75) is 76.5 Å². The molecule has 3 heterocycles. The van der Waals surface area contributed by atoms with Crippen LogP contribution in [0.2, 0.25) is 0 Å². The van der Waals surface area contributed by atoms with Gasteiger partial charge >= 0.3 is 17.9 Å². The Kier molecular flexibility index (Phi) is 4.53. The lowest BCUT2D eigenvalue weighted by molar-refractivity contribution is -0.254. The molecule has 8 heteroatoms. The summed E-state index contributed by atoms with van der Waals surface area (Å²) >= 11 is 0. The van der Waals surface area contributed by atoms with Gasteiger partial charge in [0.15, 0.2) is 0 Å². The van der Waals surface area contributed by atoms with E-state index in [1.165, 1.54) is 13.8 Å². The highest BCUT2D eigenvalue weighted by Gasteiger charge is 2.93. The zero-order valence-corrected chi connectivity index (χ0v) is 22.5. The number of ether oxygens (including phenoxy) is 3. The van der Waals surface area contributed by atoms with Crippen LogP contribution in [-0.2, 0) is 23.8 Å². The lowest BCUT2D eigenvalue weighted by atomic mass is 9.39. The van der Waals surface area contributed by atoms with Crippen LogP contribution in [0.25, 0.3) is 0 Å². The Bertz CT molecular complexity index is 1330. The second-order valence-corrected chi connectivity index (χ2v) is 13.7. The Morgan fingerprint density at radius 2 is 1.74 bits per heavy atom. The Morgan fingerprint density at radius 1 is 1.03 bits per heavy atom.